The standard InChI is InChI=1S/C27H35N3O2/c1-4-9-22(5-2)11-8-17-31-27-13-6-12-26(30-27)29-25-15-14-24(18-21(25)3)32-20-23-10-7-16-28-19-23/h6-7,10,12-16,18-19,22H,4-5,8-9,11,17,20H2,1-3H3,(H,29,30). The van der Waals surface area contributed by atoms with Crippen LogP contribution in [0.4, 0.5) is 11.5 Å². The van der Waals surface area contributed by atoms with Gasteiger partial charge in [-0.2, -0.15) is 4.98 Å². The summed E-state index contributed by atoms with van der Waals surface area (Å²) in [6.07, 6.45) is 9.67. The largest absolute Gasteiger partial charge is 0.489 e. The summed E-state index contributed by atoms with van der Waals surface area (Å²) in [6, 6.07) is 15.8. The number of hydrogen-bond acceptors (Lipinski definition) is 5. The van der Waals surface area contributed by atoms with E-state index in [0.29, 0.717) is 19.1 Å². The lowest BCUT2D eigenvalue weighted by Crippen LogP contribution is -2.05. The van der Waals surface area contributed by atoms with E-state index in [9.17, 15) is 0 Å². The Morgan fingerprint density at radius 2 is 1.91 bits per heavy atom. The van der Waals surface area contributed by atoms with Crippen molar-refractivity contribution in [3.05, 3.63) is 72.1 Å². The normalized spacial score (nSPS) is 11.7. The summed E-state index contributed by atoms with van der Waals surface area (Å²) < 4.78 is 11.8. The number of hydrogen-bond donors (Lipinski definition) is 1. The molecule has 5 heteroatoms. The van der Waals surface area contributed by atoms with Gasteiger partial charge in [0, 0.05) is 29.7 Å². The summed E-state index contributed by atoms with van der Waals surface area (Å²) in [7, 11) is 0. The van der Waals surface area contributed by atoms with E-state index >= 15 is 0 Å². The Kier molecular flexibility index (Phi) is 9.36. The minimum Gasteiger partial charge on any atom is -0.489 e. The van der Waals surface area contributed by atoms with Gasteiger partial charge in [0.05, 0.1) is 6.61 Å². The second-order valence-corrected chi connectivity index (χ2v) is 8.17. The van der Waals surface area contributed by atoms with Gasteiger partial charge in [-0.3, -0.25) is 4.98 Å². The molecule has 170 valence electrons. The quantitative estimate of drug-likeness (QED) is 0.292. The van der Waals surface area contributed by atoms with Gasteiger partial charge in [0.15, 0.2) is 0 Å². The number of aryl methyl sites for hydroxylation is 1. The number of rotatable bonds is 13. The van der Waals surface area contributed by atoms with Crippen LogP contribution < -0.4 is 14.8 Å². The highest BCUT2D eigenvalue weighted by Gasteiger charge is 2.07. The van der Waals surface area contributed by atoms with E-state index < -0.39 is 0 Å². The lowest BCUT2D eigenvalue weighted by atomic mass is 9.96. The first-order valence-corrected chi connectivity index (χ1v) is 11.7. The molecular weight excluding hydrogens is 398 g/mol. The molecule has 3 aromatic rings. The highest BCUT2D eigenvalue weighted by atomic mass is 16.5. The molecular formula is C27H35N3O2. The third-order valence-electron chi connectivity index (χ3n) is 5.59. The van der Waals surface area contributed by atoms with Crippen LogP contribution in [0.15, 0.2) is 60.9 Å². The predicted octanol–water partition coefficient (Wildman–Crippen LogP) is 7.09. The SMILES string of the molecule is CCCC(CC)CCCOc1cccc(Nc2ccc(OCc3cccnc3)cc2C)n1. The van der Waals surface area contributed by atoms with Crippen molar-refractivity contribution in [2.45, 2.75) is 59.5 Å². The van der Waals surface area contributed by atoms with Crippen LogP contribution >= 0.6 is 0 Å². The summed E-state index contributed by atoms with van der Waals surface area (Å²) in [6.45, 7) is 7.79. The van der Waals surface area contributed by atoms with Gasteiger partial charge in [0.25, 0.3) is 0 Å². The maximum Gasteiger partial charge on any atom is 0.215 e. The molecule has 0 fully saturated rings. The molecule has 2 aromatic heterocycles. The van der Waals surface area contributed by atoms with Gasteiger partial charge in [0.1, 0.15) is 18.2 Å². The molecule has 1 unspecified atom stereocenters. The number of benzene rings is 1. The molecule has 3 rings (SSSR count). The molecule has 32 heavy (non-hydrogen) atoms. The van der Waals surface area contributed by atoms with Gasteiger partial charge in [-0.15, -0.1) is 0 Å². The molecule has 0 aliphatic carbocycles. The second-order valence-electron chi connectivity index (χ2n) is 8.17. The highest BCUT2D eigenvalue weighted by molar-refractivity contribution is 5.62. The predicted molar refractivity (Wildman–Crippen MR) is 131 cm³/mol. The van der Waals surface area contributed by atoms with Crippen molar-refractivity contribution < 1.29 is 9.47 Å². The first-order chi connectivity index (χ1) is 15.7. The first-order valence-electron chi connectivity index (χ1n) is 11.7. The number of anilines is 2. The van der Waals surface area contributed by atoms with Crippen LogP contribution in [0.5, 0.6) is 11.6 Å². The molecule has 0 saturated carbocycles. The first kappa shape index (κ1) is 23.6. The van der Waals surface area contributed by atoms with Crippen molar-refractivity contribution >= 4 is 11.5 Å². The third kappa shape index (κ3) is 7.56. The van der Waals surface area contributed by atoms with Crippen molar-refractivity contribution in [3.63, 3.8) is 0 Å². The van der Waals surface area contributed by atoms with Crippen molar-refractivity contribution in [2.24, 2.45) is 5.92 Å². The molecule has 0 spiro atoms. The Balaban J connectivity index is 1.51. The Bertz CT molecular complexity index is 947. The topological polar surface area (TPSA) is 56.3 Å². The molecule has 0 aliphatic heterocycles. The van der Waals surface area contributed by atoms with Crippen LogP contribution in [-0.4, -0.2) is 16.6 Å². The summed E-state index contributed by atoms with van der Waals surface area (Å²) in [5.41, 5.74) is 3.13. The average molecular weight is 434 g/mol. The minimum absolute atomic E-state index is 0.498. The van der Waals surface area contributed by atoms with E-state index in [0.717, 1.165) is 40.7 Å². The number of nitrogens with one attached hydrogen (secondary N) is 1. The molecule has 0 amide bonds. The van der Waals surface area contributed by atoms with E-state index in [1.165, 1.54) is 25.7 Å². The lowest BCUT2D eigenvalue weighted by molar-refractivity contribution is 0.277. The van der Waals surface area contributed by atoms with E-state index in [4.69, 9.17) is 9.47 Å². The van der Waals surface area contributed by atoms with Gasteiger partial charge in [-0.25, -0.2) is 0 Å². The zero-order valence-electron chi connectivity index (χ0n) is 19.5. The molecule has 1 aromatic carbocycles. The van der Waals surface area contributed by atoms with Crippen LogP contribution in [0.2, 0.25) is 0 Å². The smallest absolute Gasteiger partial charge is 0.215 e. The van der Waals surface area contributed by atoms with E-state index in [2.05, 4.69) is 36.1 Å². The number of ether oxygens (including phenoxy) is 2. The second kappa shape index (κ2) is 12.7. The monoisotopic (exact) mass is 433 g/mol. The lowest BCUT2D eigenvalue weighted by Gasteiger charge is -2.14. The van der Waals surface area contributed by atoms with E-state index in [1.807, 2.05) is 54.7 Å². The van der Waals surface area contributed by atoms with Crippen LogP contribution in [0.3, 0.4) is 0 Å². The Morgan fingerprint density at radius 3 is 2.66 bits per heavy atom. The van der Waals surface area contributed by atoms with Crippen molar-refractivity contribution in [3.8, 4) is 11.6 Å². The molecule has 0 radical (unpaired) electrons. The molecule has 5 nitrogen and oxygen atoms in total. The number of nitrogens with zero attached hydrogens (tertiary/aromatic N) is 2. The highest BCUT2D eigenvalue weighted by Crippen LogP contribution is 2.25. The van der Waals surface area contributed by atoms with E-state index in [1.54, 1.807) is 6.20 Å². The fourth-order valence-electron chi connectivity index (χ4n) is 3.73. The minimum atomic E-state index is 0.498. The Hall–Kier alpha value is -3.08. The Morgan fingerprint density at radius 1 is 1.00 bits per heavy atom. The Labute approximate surface area is 192 Å². The van der Waals surface area contributed by atoms with E-state index in [-0.39, 0.29) is 0 Å². The molecule has 1 atom stereocenters. The number of pyridine rings is 2. The molecule has 0 aliphatic rings. The van der Waals surface area contributed by atoms with Crippen molar-refractivity contribution in [2.75, 3.05) is 11.9 Å². The van der Waals surface area contributed by atoms with Crippen LogP contribution in [0.1, 0.15) is 57.1 Å². The maximum atomic E-state index is 5.90. The molecule has 1 N–H and O–H groups in total. The number of aromatic nitrogens is 2. The fourth-order valence-corrected chi connectivity index (χ4v) is 3.73. The van der Waals surface area contributed by atoms with Gasteiger partial charge in [-0.1, -0.05) is 45.2 Å². The average Bonchev–Trinajstić information content (AvgIpc) is 2.82. The summed E-state index contributed by atoms with van der Waals surface area (Å²) >= 11 is 0. The van der Waals surface area contributed by atoms with Crippen LogP contribution in [-0.2, 0) is 6.61 Å². The van der Waals surface area contributed by atoms with Gasteiger partial charge in [0.2, 0.25) is 5.88 Å². The summed E-state index contributed by atoms with van der Waals surface area (Å²) in [5, 5.41) is 3.39. The molecule has 0 saturated heterocycles. The summed E-state index contributed by atoms with van der Waals surface area (Å²) in [5.74, 6) is 3.07. The van der Waals surface area contributed by atoms with Crippen molar-refractivity contribution in [1.29, 1.82) is 0 Å². The van der Waals surface area contributed by atoms with Crippen LogP contribution in [0, 0.1) is 12.8 Å². The maximum absolute atomic E-state index is 5.90. The summed E-state index contributed by atoms with van der Waals surface area (Å²) in [4.78, 5) is 8.73. The zero-order valence-corrected chi connectivity index (χ0v) is 19.5. The van der Waals surface area contributed by atoms with Gasteiger partial charge >= 0.3 is 0 Å². The van der Waals surface area contributed by atoms with Crippen LogP contribution in [0.25, 0.3) is 0 Å². The molecule has 0 bridgehead atoms. The van der Waals surface area contributed by atoms with Gasteiger partial charge < -0.3 is 14.8 Å². The molecule has 2 heterocycles. The third-order valence-corrected chi connectivity index (χ3v) is 5.59. The fraction of sp³-hybridized carbons (Fsp3) is 0.407. The van der Waals surface area contributed by atoms with Gasteiger partial charge in [-0.05, 0) is 61.6 Å². The van der Waals surface area contributed by atoms with Crippen molar-refractivity contribution in [1.82, 2.24) is 9.97 Å². The zero-order chi connectivity index (χ0) is 22.6.